The van der Waals surface area contributed by atoms with E-state index in [9.17, 15) is 23.3 Å². The lowest BCUT2D eigenvalue weighted by molar-refractivity contribution is -0.384. The second-order valence-electron chi connectivity index (χ2n) is 21.9. The number of nitro benzene ring substituents is 1. The number of nitro groups is 1. The first-order valence-electron chi connectivity index (χ1n) is 26.3. The summed E-state index contributed by atoms with van der Waals surface area (Å²) in [6.07, 6.45) is 7.12. The van der Waals surface area contributed by atoms with E-state index < -0.39 is 48.5 Å². The van der Waals surface area contributed by atoms with Crippen LogP contribution in [0.25, 0.3) is 11.0 Å². The molecule has 1 unspecified atom stereocenters. The third-order valence-electron chi connectivity index (χ3n) is 16.0. The number of sulfonamides is 1. The summed E-state index contributed by atoms with van der Waals surface area (Å²) in [6, 6.07) is 27.5. The number of alkyl halides is 1. The van der Waals surface area contributed by atoms with Gasteiger partial charge >= 0.3 is 0 Å². The number of ether oxygens (including phenoxy) is 2. The average Bonchev–Trinajstić information content (AvgIpc) is 3.91. The molecule has 76 heavy (non-hydrogen) atoms. The van der Waals surface area contributed by atoms with Crippen molar-refractivity contribution in [2.24, 2.45) is 5.41 Å². The van der Waals surface area contributed by atoms with Crippen LogP contribution >= 0.6 is 0 Å². The van der Waals surface area contributed by atoms with Gasteiger partial charge < -0.3 is 29.6 Å². The lowest BCUT2D eigenvalue weighted by atomic mass is 9.59. The summed E-state index contributed by atoms with van der Waals surface area (Å²) in [5, 5.41) is 15.6. The first-order chi connectivity index (χ1) is 36.4. The molecule has 16 nitrogen and oxygen atoms in total. The summed E-state index contributed by atoms with van der Waals surface area (Å²) in [7, 11) is -0.609. The van der Waals surface area contributed by atoms with Gasteiger partial charge in [0, 0.05) is 114 Å². The van der Waals surface area contributed by atoms with Gasteiger partial charge in [0.1, 0.15) is 34.3 Å². The van der Waals surface area contributed by atoms with Crippen molar-refractivity contribution in [3.8, 4) is 11.5 Å². The highest BCUT2D eigenvalue weighted by Crippen LogP contribution is 2.54. The van der Waals surface area contributed by atoms with Crippen molar-refractivity contribution in [2.45, 2.75) is 94.0 Å². The number of nitrogens with one attached hydrogen (secondary N) is 3. The van der Waals surface area contributed by atoms with Crippen molar-refractivity contribution in [1.29, 1.82) is 0 Å². The zero-order valence-electron chi connectivity index (χ0n) is 43.6. The van der Waals surface area contributed by atoms with Crippen LogP contribution in [0.3, 0.4) is 0 Å². The number of benzene rings is 4. The Kier molecular flexibility index (Phi) is 15.2. The number of halogens is 2. The number of hydrogen-bond acceptors (Lipinski definition) is 13. The SMILES string of the molecule is CC(C)c1ccccc1C1CN(Cc2ccc(CN(C)C)cc2)CCN1C1CC2(CCN(c3cc(Oc4cnc5[nH]ccc5c4)c(C(=O)NS(=O)(=O)c4ccc(NCC5(F)CCOCC5)c([N+](=O)[O-])c4)cc3F)CC2)C1. The topological polar surface area (TPSA) is 179 Å². The van der Waals surface area contributed by atoms with Gasteiger partial charge in [-0.15, -0.1) is 0 Å². The minimum absolute atomic E-state index is 0.0966. The zero-order chi connectivity index (χ0) is 53.4. The van der Waals surface area contributed by atoms with E-state index >= 15 is 8.78 Å². The molecule has 1 spiro atoms. The van der Waals surface area contributed by atoms with Crippen LogP contribution in [0.4, 0.5) is 25.8 Å². The Bertz CT molecular complexity index is 3190. The van der Waals surface area contributed by atoms with Gasteiger partial charge in [-0.25, -0.2) is 26.9 Å². The van der Waals surface area contributed by atoms with Crippen molar-refractivity contribution in [1.82, 2.24) is 29.4 Å². The number of amides is 1. The molecular weight excluding hydrogens is 993 g/mol. The summed E-state index contributed by atoms with van der Waals surface area (Å²) in [4.78, 5) is 41.8. The fourth-order valence-electron chi connectivity index (χ4n) is 11.8. The highest BCUT2D eigenvalue weighted by Gasteiger charge is 2.50. The lowest BCUT2D eigenvalue weighted by Crippen LogP contribution is -2.60. The fourth-order valence-corrected chi connectivity index (χ4v) is 12.7. The second-order valence-corrected chi connectivity index (χ2v) is 23.5. The Hall–Kier alpha value is -6.51. The number of aromatic amines is 1. The van der Waals surface area contributed by atoms with Gasteiger partial charge in [0.15, 0.2) is 0 Å². The van der Waals surface area contributed by atoms with Gasteiger partial charge in [0.25, 0.3) is 21.6 Å². The minimum Gasteiger partial charge on any atom is -0.455 e. The number of nitrogens with zero attached hydrogens (tertiary/aromatic N) is 6. The summed E-state index contributed by atoms with van der Waals surface area (Å²) in [5.74, 6) is -1.47. The normalized spacial score (nSPS) is 19.3. The van der Waals surface area contributed by atoms with Gasteiger partial charge in [-0.3, -0.25) is 24.7 Å². The molecule has 6 aromatic rings. The maximum Gasteiger partial charge on any atom is 0.293 e. The molecule has 10 rings (SSSR count). The first kappa shape index (κ1) is 52.9. The number of H-pyrrole nitrogens is 1. The predicted octanol–water partition coefficient (Wildman–Crippen LogP) is 9.94. The van der Waals surface area contributed by atoms with Gasteiger partial charge in [-0.2, -0.15) is 0 Å². The van der Waals surface area contributed by atoms with Gasteiger partial charge in [0.2, 0.25) is 0 Å². The predicted molar refractivity (Wildman–Crippen MR) is 289 cm³/mol. The number of rotatable bonds is 17. The summed E-state index contributed by atoms with van der Waals surface area (Å²) < 4.78 is 73.0. The Morgan fingerprint density at radius 3 is 2.42 bits per heavy atom. The van der Waals surface area contributed by atoms with E-state index in [4.69, 9.17) is 9.47 Å². The standard InChI is InChI=1S/C57H67F2N9O7S/c1-38(2)45-7-5-6-8-46(45)52-36-65(35-40-11-9-39(10-12-40)34-64(3)4)23-24-67(52)42-31-56(32-42)16-21-66(22-17-56)50-30-53(75-43-27-41-15-20-60-54(41)61-33-43)47(29-48(50)58)55(69)63-76(72,73)44-13-14-49(51(28-44)68(70)71)62-37-57(59)18-25-74-26-19-57/h5-15,20,27-30,33,38,42,52,62H,16-19,21-26,31-32,34-37H2,1-4H3,(H,60,61)(H,63,69). The molecule has 3 saturated heterocycles. The van der Waals surface area contributed by atoms with E-state index in [0.717, 1.165) is 82.7 Å². The number of pyridine rings is 1. The Balaban J connectivity index is 0.845. The molecule has 4 aromatic carbocycles. The quantitative estimate of drug-likeness (QED) is 0.0581. The van der Waals surface area contributed by atoms with Crippen LogP contribution in [0.2, 0.25) is 0 Å². The molecule has 5 heterocycles. The Morgan fingerprint density at radius 1 is 0.961 bits per heavy atom. The number of piperazine rings is 1. The molecule has 0 radical (unpaired) electrons. The van der Waals surface area contributed by atoms with Crippen LogP contribution in [0.15, 0.2) is 108 Å². The van der Waals surface area contributed by atoms with Crippen molar-refractivity contribution in [3.63, 3.8) is 0 Å². The molecule has 4 fully saturated rings. The zero-order valence-corrected chi connectivity index (χ0v) is 44.4. The van der Waals surface area contributed by atoms with Crippen LogP contribution < -0.4 is 19.7 Å². The van der Waals surface area contributed by atoms with Crippen LogP contribution in [0.1, 0.15) is 96.9 Å². The van der Waals surface area contributed by atoms with Crippen LogP contribution in [-0.2, 0) is 27.8 Å². The number of fused-ring (bicyclic) bond motifs is 1. The molecule has 0 bridgehead atoms. The van der Waals surface area contributed by atoms with Crippen molar-refractivity contribution < 1.29 is 36.4 Å². The highest BCUT2D eigenvalue weighted by atomic mass is 32.2. The van der Waals surface area contributed by atoms with Crippen molar-refractivity contribution in [3.05, 3.63) is 147 Å². The molecule has 1 atom stereocenters. The minimum atomic E-state index is -4.78. The van der Waals surface area contributed by atoms with Crippen LogP contribution in [-0.4, -0.2) is 122 Å². The van der Waals surface area contributed by atoms with Crippen LogP contribution in [0, 0.1) is 21.3 Å². The number of aromatic nitrogens is 2. The van der Waals surface area contributed by atoms with Crippen LogP contribution in [0.5, 0.6) is 11.5 Å². The summed E-state index contributed by atoms with van der Waals surface area (Å²) in [6.45, 7) is 10.5. The third kappa shape index (κ3) is 11.6. The molecule has 2 aromatic heterocycles. The first-order valence-corrected chi connectivity index (χ1v) is 27.8. The Labute approximate surface area is 443 Å². The molecule has 4 aliphatic rings. The molecule has 19 heteroatoms. The number of hydrogen-bond donors (Lipinski definition) is 3. The third-order valence-corrected chi connectivity index (χ3v) is 17.3. The maximum atomic E-state index is 16.6. The number of carbonyl (C=O) groups excluding carboxylic acids is 1. The van der Waals surface area contributed by atoms with Gasteiger partial charge in [-0.05, 0) is 104 Å². The van der Waals surface area contributed by atoms with Gasteiger partial charge in [0.05, 0.1) is 27.3 Å². The largest absolute Gasteiger partial charge is 0.455 e. The highest BCUT2D eigenvalue weighted by molar-refractivity contribution is 7.90. The molecule has 1 aliphatic carbocycles. The van der Waals surface area contributed by atoms with E-state index in [2.05, 4.69) is 106 Å². The molecule has 1 saturated carbocycles. The van der Waals surface area contributed by atoms with E-state index in [1.165, 1.54) is 34.5 Å². The fraction of sp³-hybridized carbons (Fsp3) is 0.439. The van der Waals surface area contributed by atoms with E-state index in [-0.39, 0.29) is 66.9 Å². The molecule has 3 N–H and O–H groups in total. The monoisotopic (exact) mass is 1060 g/mol. The summed E-state index contributed by atoms with van der Waals surface area (Å²) in [5.41, 5.74) is 3.49. The molecule has 1 amide bonds. The van der Waals surface area contributed by atoms with E-state index in [1.54, 1.807) is 18.3 Å². The molecular formula is C57H67F2N9O7S. The van der Waals surface area contributed by atoms with Crippen molar-refractivity contribution >= 4 is 44.0 Å². The lowest BCUT2D eigenvalue weighted by Gasteiger charge is -2.58. The smallest absolute Gasteiger partial charge is 0.293 e. The maximum absolute atomic E-state index is 16.6. The number of carbonyl (C=O) groups is 1. The Morgan fingerprint density at radius 2 is 1.70 bits per heavy atom. The van der Waals surface area contributed by atoms with E-state index in [0.29, 0.717) is 36.1 Å². The number of anilines is 2. The van der Waals surface area contributed by atoms with E-state index in [1.807, 2.05) is 9.62 Å². The number of piperidine rings is 1. The van der Waals surface area contributed by atoms with Crippen molar-refractivity contribution in [2.75, 3.05) is 76.8 Å². The molecule has 402 valence electrons. The summed E-state index contributed by atoms with van der Waals surface area (Å²) >= 11 is 0. The second kappa shape index (κ2) is 21.8. The average molecular weight is 1060 g/mol. The van der Waals surface area contributed by atoms with Gasteiger partial charge in [-0.1, -0.05) is 62.4 Å². The molecule has 3 aliphatic heterocycles.